The van der Waals surface area contributed by atoms with Crippen LogP contribution in [0.1, 0.15) is 11.1 Å². The molecule has 3 aromatic rings. The Hall–Kier alpha value is -3.24. The number of fused-ring (bicyclic) bond motifs is 1. The molecular formula is C21H18F3N3O3S. The fourth-order valence-corrected chi connectivity index (χ4v) is 4.03. The SMILES string of the molecule is CN(CC(=O)N/N=C\c1ccccc1C(F)(F)F)S(=O)(=O)c1ccc2ccccc2c1. The lowest BCUT2D eigenvalue weighted by Gasteiger charge is -2.16. The lowest BCUT2D eigenvalue weighted by molar-refractivity contribution is -0.137. The van der Waals surface area contributed by atoms with Crippen LogP contribution >= 0.6 is 0 Å². The van der Waals surface area contributed by atoms with Crippen LogP contribution in [0.5, 0.6) is 0 Å². The molecule has 1 N–H and O–H groups in total. The van der Waals surface area contributed by atoms with Crippen LogP contribution < -0.4 is 5.43 Å². The molecule has 0 atom stereocenters. The van der Waals surface area contributed by atoms with Gasteiger partial charge in [-0.3, -0.25) is 4.79 Å². The largest absolute Gasteiger partial charge is 0.417 e. The number of hydrogen-bond donors (Lipinski definition) is 1. The summed E-state index contributed by atoms with van der Waals surface area (Å²) in [4.78, 5) is 12.1. The maximum atomic E-state index is 13.0. The van der Waals surface area contributed by atoms with Crippen molar-refractivity contribution in [3.63, 3.8) is 0 Å². The number of hydrazone groups is 1. The van der Waals surface area contributed by atoms with Gasteiger partial charge in [0, 0.05) is 12.6 Å². The minimum atomic E-state index is -4.57. The number of likely N-dealkylation sites (N-methyl/N-ethyl adjacent to an activating group) is 1. The molecule has 31 heavy (non-hydrogen) atoms. The van der Waals surface area contributed by atoms with Crippen molar-refractivity contribution < 1.29 is 26.4 Å². The monoisotopic (exact) mass is 449 g/mol. The number of hydrogen-bond acceptors (Lipinski definition) is 4. The molecule has 162 valence electrons. The van der Waals surface area contributed by atoms with Crippen molar-refractivity contribution in [1.82, 2.24) is 9.73 Å². The van der Waals surface area contributed by atoms with Crippen molar-refractivity contribution in [3.05, 3.63) is 77.9 Å². The Labute approximate surface area is 177 Å². The second-order valence-corrected chi connectivity index (χ2v) is 8.69. The van der Waals surface area contributed by atoms with E-state index in [1.165, 1.54) is 37.4 Å². The van der Waals surface area contributed by atoms with Crippen LogP contribution in [0, 0.1) is 0 Å². The van der Waals surface area contributed by atoms with Crippen molar-refractivity contribution in [3.8, 4) is 0 Å². The number of halogens is 3. The number of rotatable bonds is 6. The minimum absolute atomic E-state index is 0.0177. The maximum Gasteiger partial charge on any atom is 0.417 e. The molecule has 0 fully saturated rings. The summed E-state index contributed by atoms with van der Waals surface area (Å²) in [6, 6.07) is 16.6. The van der Waals surface area contributed by atoms with Crippen molar-refractivity contribution in [2.24, 2.45) is 5.10 Å². The summed E-state index contributed by atoms with van der Waals surface area (Å²) >= 11 is 0. The Kier molecular flexibility index (Phi) is 6.42. The van der Waals surface area contributed by atoms with Gasteiger partial charge in [0.05, 0.1) is 23.2 Å². The molecule has 0 aliphatic rings. The van der Waals surface area contributed by atoms with E-state index < -0.39 is 34.2 Å². The molecule has 3 aromatic carbocycles. The predicted molar refractivity (Wildman–Crippen MR) is 111 cm³/mol. The van der Waals surface area contributed by atoms with Gasteiger partial charge in [0.2, 0.25) is 10.0 Å². The van der Waals surface area contributed by atoms with Gasteiger partial charge in [0.1, 0.15) is 0 Å². The normalized spacial score (nSPS) is 12.5. The van der Waals surface area contributed by atoms with E-state index in [1.54, 1.807) is 18.2 Å². The second-order valence-electron chi connectivity index (χ2n) is 6.65. The van der Waals surface area contributed by atoms with Gasteiger partial charge in [0.25, 0.3) is 5.91 Å². The molecule has 0 heterocycles. The topological polar surface area (TPSA) is 78.8 Å². The van der Waals surface area contributed by atoms with E-state index >= 15 is 0 Å². The number of alkyl halides is 3. The zero-order valence-corrected chi connectivity index (χ0v) is 17.1. The van der Waals surface area contributed by atoms with Crippen molar-refractivity contribution in [2.45, 2.75) is 11.1 Å². The van der Waals surface area contributed by atoms with E-state index in [0.29, 0.717) is 0 Å². The average Bonchev–Trinajstić information content (AvgIpc) is 2.73. The molecule has 0 radical (unpaired) electrons. The summed E-state index contributed by atoms with van der Waals surface area (Å²) in [6.45, 7) is -0.562. The van der Waals surface area contributed by atoms with E-state index in [9.17, 15) is 26.4 Å². The van der Waals surface area contributed by atoms with Gasteiger partial charge in [0.15, 0.2) is 0 Å². The van der Waals surface area contributed by atoms with E-state index in [2.05, 4.69) is 10.5 Å². The number of carbonyl (C=O) groups is 1. The first-order valence-electron chi connectivity index (χ1n) is 9.02. The highest BCUT2D eigenvalue weighted by molar-refractivity contribution is 7.89. The van der Waals surface area contributed by atoms with E-state index in [0.717, 1.165) is 27.4 Å². The number of amides is 1. The number of sulfonamides is 1. The molecule has 0 aliphatic heterocycles. The van der Waals surface area contributed by atoms with Crippen LogP contribution in [-0.4, -0.2) is 38.4 Å². The minimum Gasteiger partial charge on any atom is -0.272 e. The summed E-state index contributed by atoms with van der Waals surface area (Å²) in [5.41, 5.74) is 0.923. The molecule has 0 unspecified atom stereocenters. The number of nitrogens with zero attached hydrogens (tertiary/aromatic N) is 2. The lowest BCUT2D eigenvalue weighted by Crippen LogP contribution is -2.36. The quantitative estimate of drug-likeness (QED) is 0.461. The van der Waals surface area contributed by atoms with Crippen molar-refractivity contribution in [1.29, 1.82) is 0 Å². The third-order valence-corrected chi connectivity index (χ3v) is 6.25. The first kappa shape index (κ1) is 22.4. The zero-order valence-electron chi connectivity index (χ0n) is 16.3. The molecule has 0 saturated heterocycles. The maximum absolute atomic E-state index is 13.0. The Morgan fingerprint density at radius 2 is 1.68 bits per heavy atom. The van der Waals surface area contributed by atoms with Crippen LogP contribution in [0.15, 0.2) is 76.7 Å². The summed E-state index contributed by atoms with van der Waals surface area (Å²) < 4.78 is 65.2. The number of nitrogens with one attached hydrogen (secondary N) is 1. The molecule has 0 saturated carbocycles. The molecule has 10 heteroatoms. The highest BCUT2D eigenvalue weighted by Crippen LogP contribution is 2.31. The molecule has 0 aromatic heterocycles. The van der Waals surface area contributed by atoms with Crippen molar-refractivity contribution in [2.75, 3.05) is 13.6 Å². The fourth-order valence-electron chi connectivity index (χ4n) is 2.87. The van der Waals surface area contributed by atoms with Gasteiger partial charge >= 0.3 is 6.18 Å². The van der Waals surface area contributed by atoms with E-state index in [-0.39, 0.29) is 10.5 Å². The molecule has 0 spiro atoms. The average molecular weight is 449 g/mol. The number of carbonyl (C=O) groups excluding carboxylic acids is 1. The van der Waals surface area contributed by atoms with Crippen LogP contribution in [0.3, 0.4) is 0 Å². The third-order valence-electron chi connectivity index (χ3n) is 4.45. The summed E-state index contributed by atoms with van der Waals surface area (Å²) in [5, 5.41) is 5.12. The van der Waals surface area contributed by atoms with Gasteiger partial charge in [-0.15, -0.1) is 0 Å². The molecular weight excluding hydrogens is 431 g/mol. The second kappa shape index (κ2) is 8.86. The summed E-state index contributed by atoms with van der Waals surface area (Å²) in [6.07, 6.45) is -3.71. The van der Waals surface area contributed by atoms with E-state index in [1.807, 2.05) is 12.1 Å². The zero-order chi connectivity index (χ0) is 22.6. The highest BCUT2D eigenvalue weighted by atomic mass is 32.2. The molecule has 1 amide bonds. The predicted octanol–water partition coefficient (Wildman–Crippen LogP) is 3.63. The summed E-state index contributed by atoms with van der Waals surface area (Å²) in [7, 11) is -2.73. The lowest BCUT2D eigenvalue weighted by atomic mass is 10.1. The van der Waals surface area contributed by atoms with Crippen LogP contribution in [0.4, 0.5) is 13.2 Å². The van der Waals surface area contributed by atoms with Crippen LogP contribution in [-0.2, 0) is 21.0 Å². The first-order valence-corrected chi connectivity index (χ1v) is 10.5. The van der Waals surface area contributed by atoms with Crippen LogP contribution in [0.2, 0.25) is 0 Å². The van der Waals surface area contributed by atoms with Gasteiger partial charge in [-0.25, -0.2) is 13.8 Å². The van der Waals surface area contributed by atoms with Crippen LogP contribution in [0.25, 0.3) is 10.8 Å². The van der Waals surface area contributed by atoms with Gasteiger partial charge in [-0.05, 0) is 29.0 Å². The Morgan fingerprint density at radius 3 is 2.39 bits per heavy atom. The van der Waals surface area contributed by atoms with E-state index in [4.69, 9.17) is 0 Å². The molecule has 0 bridgehead atoms. The Balaban J connectivity index is 1.68. The molecule has 3 rings (SSSR count). The standard InChI is InChI=1S/C21H18F3N3O3S/c1-27(31(29,30)18-11-10-15-6-2-3-7-16(15)12-18)14-20(28)26-25-13-17-8-4-5-9-19(17)21(22,23)24/h2-13H,14H2,1H3,(H,26,28)/b25-13-. The molecule has 0 aliphatic carbocycles. The fraction of sp³-hybridized carbons (Fsp3) is 0.143. The third kappa shape index (κ3) is 5.28. The Bertz CT molecular complexity index is 1240. The van der Waals surface area contributed by atoms with Crippen molar-refractivity contribution >= 4 is 32.9 Å². The van der Waals surface area contributed by atoms with Gasteiger partial charge in [-0.2, -0.15) is 22.6 Å². The first-order chi connectivity index (χ1) is 14.6. The Morgan fingerprint density at radius 1 is 1.03 bits per heavy atom. The summed E-state index contributed by atoms with van der Waals surface area (Å²) in [5.74, 6) is -0.799. The van der Waals surface area contributed by atoms with Gasteiger partial charge in [-0.1, -0.05) is 48.5 Å². The number of benzene rings is 3. The smallest absolute Gasteiger partial charge is 0.272 e. The highest BCUT2D eigenvalue weighted by Gasteiger charge is 2.32. The molecule has 6 nitrogen and oxygen atoms in total. The van der Waals surface area contributed by atoms with Gasteiger partial charge < -0.3 is 0 Å².